The van der Waals surface area contributed by atoms with Crippen LogP contribution in [0, 0.1) is 15.9 Å². The fraction of sp³-hybridized carbons (Fsp3) is 0. The van der Waals surface area contributed by atoms with E-state index < -0.39 is 22.3 Å². The van der Waals surface area contributed by atoms with Gasteiger partial charge in [0.15, 0.2) is 5.82 Å². The van der Waals surface area contributed by atoms with E-state index in [9.17, 15) is 19.3 Å². The zero-order chi connectivity index (χ0) is 17.1. The summed E-state index contributed by atoms with van der Waals surface area (Å²) in [5.74, 6) is -1.12. The number of nitrogens with one attached hydrogen (secondary N) is 1. The van der Waals surface area contributed by atoms with Gasteiger partial charge in [0.25, 0.3) is 5.91 Å². The molecule has 0 aliphatic heterocycles. The second-order valence-corrected chi connectivity index (χ2v) is 4.62. The highest BCUT2D eigenvalue weighted by molar-refractivity contribution is 6.04. The highest BCUT2D eigenvalue weighted by Gasteiger charge is 2.17. The summed E-state index contributed by atoms with van der Waals surface area (Å²) in [5.41, 5.74) is -0.429. The highest BCUT2D eigenvalue weighted by Crippen LogP contribution is 2.19. The van der Waals surface area contributed by atoms with Gasteiger partial charge in [0.2, 0.25) is 5.82 Å². The lowest BCUT2D eigenvalue weighted by Gasteiger charge is -2.06. The van der Waals surface area contributed by atoms with E-state index in [1.165, 1.54) is 23.5 Å². The number of aromatic nitrogens is 4. The standard InChI is InChI=1S/C14H9FN6O3/c15-11-3-1-9(5-12(11)21(23)24)14(22)19-10-2-4-13(17-6-10)20-8-16-7-18-20/h1-8H,(H,19,22). The van der Waals surface area contributed by atoms with Gasteiger partial charge in [-0.05, 0) is 24.3 Å². The zero-order valence-corrected chi connectivity index (χ0v) is 12.0. The average Bonchev–Trinajstić information content (AvgIpc) is 3.10. The number of amides is 1. The van der Waals surface area contributed by atoms with Crippen LogP contribution in [0.4, 0.5) is 15.8 Å². The summed E-state index contributed by atoms with van der Waals surface area (Å²) in [6.45, 7) is 0. The van der Waals surface area contributed by atoms with Crippen LogP contribution in [0.5, 0.6) is 0 Å². The van der Waals surface area contributed by atoms with E-state index in [-0.39, 0.29) is 5.56 Å². The van der Waals surface area contributed by atoms with Gasteiger partial charge in [-0.3, -0.25) is 14.9 Å². The molecule has 1 aromatic carbocycles. The largest absolute Gasteiger partial charge is 0.321 e. The van der Waals surface area contributed by atoms with Crippen LogP contribution < -0.4 is 5.32 Å². The predicted molar refractivity (Wildman–Crippen MR) is 80.2 cm³/mol. The van der Waals surface area contributed by atoms with Gasteiger partial charge in [0, 0.05) is 11.6 Å². The van der Waals surface area contributed by atoms with Crippen molar-refractivity contribution in [3.8, 4) is 5.82 Å². The van der Waals surface area contributed by atoms with Crippen LogP contribution >= 0.6 is 0 Å². The quantitative estimate of drug-likeness (QED) is 0.578. The summed E-state index contributed by atoms with van der Waals surface area (Å²) in [6, 6.07) is 6.10. The Balaban J connectivity index is 1.77. The van der Waals surface area contributed by atoms with Crippen LogP contribution in [0.3, 0.4) is 0 Å². The van der Waals surface area contributed by atoms with Crippen LogP contribution in [0.1, 0.15) is 10.4 Å². The first-order valence-electron chi connectivity index (χ1n) is 6.61. The first kappa shape index (κ1) is 15.2. The number of nitrogens with zero attached hydrogens (tertiary/aromatic N) is 5. The summed E-state index contributed by atoms with van der Waals surface area (Å²) in [6.07, 6.45) is 4.23. The zero-order valence-electron chi connectivity index (χ0n) is 12.0. The fourth-order valence-electron chi connectivity index (χ4n) is 1.92. The van der Waals surface area contributed by atoms with Crippen LogP contribution in [0.15, 0.2) is 49.2 Å². The van der Waals surface area contributed by atoms with Crippen molar-refractivity contribution >= 4 is 17.3 Å². The molecule has 0 aliphatic rings. The molecule has 1 amide bonds. The van der Waals surface area contributed by atoms with Gasteiger partial charge in [-0.25, -0.2) is 14.6 Å². The van der Waals surface area contributed by atoms with Crippen molar-refractivity contribution in [3.05, 3.63) is 70.7 Å². The van der Waals surface area contributed by atoms with Crippen LogP contribution in [0.2, 0.25) is 0 Å². The Labute approximate surface area is 133 Å². The van der Waals surface area contributed by atoms with Crippen molar-refractivity contribution < 1.29 is 14.1 Å². The Kier molecular flexibility index (Phi) is 3.93. The highest BCUT2D eigenvalue weighted by atomic mass is 19.1. The summed E-state index contributed by atoms with van der Waals surface area (Å²) >= 11 is 0. The molecule has 0 aliphatic carbocycles. The van der Waals surface area contributed by atoms with Crippen molar-refractivity contribution in [2.24, 2.45) is 0 Å². The Morgan fingerprint density at radius 3 is 2.75 bits per heavy atom. The number of benzene rings is 1. The smallest absolute Gasteiger partial charge is 0.305 e. The second-order valence-electron chi connectivity index (χ2n) is 4.62. The Hall–Kier alpha value is -3.69. The number of anilines is 1. The topological polar surface area (TPSA) is 116 Å². The molecule has 0 atom stereocenters. The average molecular weight is 328 g/mol. The molecule has 1 N–H and O–H groups in total. The number of carbonyl (C=O) groups is 1. The summed E-state index contributed by atoms with van der Waals surface area (Å²) < 4.78 is 14.7. The van der Waals surface area contributed by atoms with Gasteiger partial charge in [0.1, 0.15) is 12.7 Å². The number of halogens is 1. The van der Waals surface area contributed by atoms with Gasteiger partial charge in [-0.1, -0.05) is 0 Å². The maximum absolute atomic E-state index is 13.3. The normalized spacial score (nSPS) is 10.4. The SMILES string of the molecule is O=C(Nc1ccc(-n2cncn2)nc1)c1ccc(F)c([N+](=O)[O-])c1. The number of pyridine rings is 1. The minimum Gasteiger partial charge on any atom is -0.321 e. The number of nitro groups is 1. The predicted octanol–water partition coefficient (Wildman–Crippen LogP) is 1.96. The first-order chi connectivity index (χ1) is 11.5. The monoisotopic (exact) mass is 328 g/mol. The van der Waals surface area contributed by atoms with Crippen molar-refractivity contribution in [2.45, 2.75) is 0 Å². The maximum atomic E-state index is 13.3. The summed E-state index contributed by atoms with van der Waals surface area (Å²) in [4.78, 5) is 29.8. The van der Waals surface area contributed by atoms with E-state index >= 15 is 0 Å². The van der Waals surface area contributed by atoms with E-state index in [1.807, 2.05) is 0 Å². The Bertz CT molecular complexity index is 895. The number of rotatable bonds is 4. The molecule has 24 heavy (non-hydrogen) atoms. The molecular weight excluding hydrogens is 319 g/mol. The van der Waals surface area contributed by atoms with E-state index in [4.69, 9.17) is 0 Å². The second kappa shape index (κ2) is 6.20. The third-order valence-electron chi connectivity index (χ3n) is 3.06. The van der Waals surface area contributed by atoms with Gasteiger partial charge >= 0.3 is 5.69 Å². The van der Waals surface area contributed by atoms with Gasteiger partial charge in [-0.2, -0.15) is 9.49 Å². The minimum absolute atomic E-state index is 0.0385. The van der Waals surface area contributed by atoms with Crippen LogP contribution in [-0.2, 0) is 0 Å². The summed E-state index contributed by atoms with van der Waals surface area (Å²) in [5, 5.41) is 17.2. The fourth-order valence-corrected chi connectivity index (χ4v) is 1.92. The Morgan fingerprint density at radius 2 is 2.12 bits per heavy atom. The van der Waals surface area contributed by atoms with Crippen LogP contribution in [-0.4, -0.2) is 30.6 Å². The number of nitro benzene ring substituents is 1. The molecule has 3 rings (SSSR count). The molecule has 3 aromatic rings. The molecular formula is C14H9FN6O3. The molecule has 120 valence electrons. The molecule has 10 heteroatoms. The third kappa shape index (κ3) is 3.06. The molecule has 0 saturated heterocycles. The van der Waals surface area contributed by atoms with E-state index in [0.717, 1.165) is 18.2 Å². The minimum atomic E-state index is -1.00. The van der Waals surface area contributed by atoms with E-state index in [1.54, 1.807) is 12.1 Å². The molecule has 2 heterocycles. The molecule has 0 radical (unpaired) electrons. The van der Waals surface area contributed by atoms with Crippen LogP contribution in [0.25, 0.3) is 5.82 Å². The van der Waals surface area contributed by atoms with Gasteiger partial charge < -0.3 is 5.32 Å². The number of carbonyl (C=O) groups excluding carboxylic acids is 1. The van der Waals surface area contributed by atoms with Gasteiger partial charge in [-0.15, -0.1) is 0 Å². The van der Waals surface area contributed by atoms with Crippen molar-refractivity contribution in [1.82, 2.24) is 19.7 Å². The molecule has 0 fully saturated rings. The molecule has 0 bridgehead atoms. The van der Waals surface area contributed by atoms with Gasteiger partial charge in [0.05, 0.1) is 16.8 Å². The van der Waals surface area contributed by atoms with E-state index in [0.29, 0.717) is 11.5 Å². The molecule has 9 nitrogen and oxygen atoms in total. The number of hydrogen-bond acceptors (Lipinski definition) is 6. The van der Waals surface area contributed by atoms with Crippen molar-refractivity contribution in [3.63, 3.8) is 0 Å². The van der Waals surface area contributed by atoms with Crippen molar-refractivity contribution in [1.29, 1.82) is 0 Å². The third-order valence-corrected chi connectivity index (χ3v) is 3.06. The lowest BCUT2D eigenvalue weighted by Crippen LogP contribution is -2.13. The van der Waals surface area contributed by atoms with Crippen molar-refractivity contribution in [2.75, 3.05) is 5.32 Å². The maximum Gasteiger partial charge on any atom is 0.305 e. The van der Waals surface area contributed by atoms with E-state index in [2.05, 4.69) is 20.4 Å². The number of hydrogen-bond donors (Lipinski definition) is 1. The molecule has 0 unspecified atom stereocenters. The lowest BCUT2D eigenvalue weighted by molar-refractivity contribution is -0.387. The molecule has 0 spiro atoms. The first-order valence-corrected chi connectivity index (χ1v) is 6.61. The molecule has 0 saturated carbocycles. The Morgan fingerprint density at radius 1 is 1.29 bits per heavy atom. The lowest BCUT2D eigenvalue weighted by atomic mass is 10.2. The molecule has 2 aromatic heterocycles. The summed E-state index contributed by atoms with van der Waals surface area (Å²) in [7, 11) is 0.